The SMILES string of the molecule is Cc1cc(Cl)cc(C=Nn2nnnc2N)c1[O-]. The molecular formula is C9H8ClN6O-. The van der Waals surface area contributed by atoms with Gasteiger partial charge in [0.15, 0.2) is 0 Å². The Kier molecular flexibility index (Phi) is 2.92. The summed E-state index contributed by atoms with van der Waals surface area (Å²) in [5, 5.41) is 26.3. The van der Waals surface area contributed by atoms with Gasteiger partial charge in [0.25, 0.3) is 5.95 Å². The van der Waals surface area contributed by atoms with Crippen LogP contribution in [-0.4, -0.2) is 26.5 Å². The molecule has 8 heteroatoms. The predicted molar refractivity (Wildman–Crippen MR) is 60.9 cm³/mol. The minimum atomic E-state index is -0.148. The Morgan fingerprint density at radius 3 is 2.94 bits per heavy atom. The van der Waals surface area contributed by atoms with Crippen LogP contribution in [0.5, 0.6) is 5.75 Å². The van der Waals surface area contributed by atoms with Crippen LogP contribution >= 0.6 is 11.6 Å². The predicted octanol–water partition coefficient (Wildman–Crippen LogP) is 0.173. The molecule has 0 aliphatic heterocycles. The molecule has 1 heterocycles. The zero-order valence-electron chi connectivity index (χ0n) is 8.83. The number of hydrogen-bond acceptors (Lipinski definition) is 6. The molecule has 17 heavy (non-hydrogen) atoms. The van der Waals surface area contributed by atoms with Crippen molar-refractivity contribution in [3.8, 4) is 5.75 Å². The Hall–Kier alpha value is -2.15. The van der Waals surface area contributed by atoms with Crippen molar-refractivity contribution in [3.05, 3.63) is 28.3 Å². The van der Waals surface area contributed by atoms with Gasteiger partial charge in [-0.15, -0.1) is 0 Å². The Morgan fingerprint density at radius 2 is 2.29 bits per heavy atom. The fourth-order valence-corrected chi connectivity index (χ4v) is 1.52. The van der Waals surface area contributed by atoms with Gasteiger partial charge in [-0.05, 0) is 35.0 Å². The highest BCUT2D eigenvalue weighted by Gasteiger charge is 2.00. The summed E-state index contributed by atoms with van der Waals surface area (Å²) in [7, 11) is 0. The molecule has 1 aromatic carbocycles. The van der Waals surface area contributed by atoms with Crippen LogP contribution in [0.2, 0.25) is 5.02 Å². The van der Waals surface area contributed by atoms with Crippen molar-refractivity contribution in [1.29, 1.82) is 0 Å². The molecule has 2 rings (SSSR count). The van der Waals surface area contributed by atoms with Gasteiger partial charge in [-0.3, -0.25) is 0 Å². The van der Waals surface area contributed by atoms with Gasteiger partial charge in [0.05, 0.1) is 6.21 Å². The second-order valence-electron chi connectivity index (χ2n) is 3.31. The molecule has 7 nitrogen and oxygen atoms in total. The number of hydrogen-bond donors (Lipinski definition) is 1. The molecule has 0 saturated carbocycles. The van der Waals surface area contributed by atoms with E-state index in [0.717, 1.165) is 4.79 Å². The van der Waals surface area contributed by atoms with Crippen molar-refractivity contribution in [3.63, 3.8) is 0 Å². The molecule has 0 spiro atoms. The molecule has 0 radical (unpaired) electrons. The first-order valence-electron chi connectivity index (χ1n) is 4.63. The van der Waals surface area contributed by atoms with Gasteiger partial charge in [0.2, 0.25) is 0 Å². The molecule has 0 aliphatic carbocycles. The third kappa shape index (κ3) is 2.34. The van der Waals surface area contributed by atoms with E-state index in [1.807, 2.05) is 0 Å². The first-order chi connectivity index (χ1) is 8.08. The molecule has 0 unspecified atom stereocenters. The fourth-order valence-electron chi connectivity index (χ4n) is 1.24. The van der Waals surface area contributed by atoms with E-state index < -0.39 is 0 Å². The Bertz CT molecular complexity index is 579. The summed E-state index contributed by atoms with van der Waals surface area (Å²) >= 11 is 5.84. The normalized spacial score (nSPS) is 11.2. The highest BCUT2D eigenvalue weighted by Crippen LogP contribution is 2.22. The zero-order valence-corrected chi connectivity index (χ0v) is 9.59. The second-order valence-corrected chi connectivity index (χ2v) is 3.75. The van der Waals surface area contributed by atoms with Crippen molar-refractivity contribution >= 4 is 23.8 Å². The number of nitrogens with zero attached hydrogens (tertiary/aromatic N) is 5. The standard InChI is InChI=1S/C9H9ClN6O/c1-5-2-7(10)3-6(8(5)17)4-12-16-9(11)13-14-15-16/h2-4,17H,1H3,(H2,11,13,15)/p-1. The molecule has 2 aromatic rings. The molecule has 88 valence electrons. The maximum atomic E-state index is 11.7. The maximum absolute atomic E-state index is 11.7. The van der Waals surface area contributed by atoms with E-state index >= 15 is 0 Å². The third-order valence-corrected chi connectivity index (χ3v) is 2.27. The molecule has 0 bridgehead atoms. The van der Waals surface area contributed by atoms with Crippen molar-refractivity contribution < 1.29 is 5.11 Å². The lowest BCUT2D eigenvalue weighted by molar-refractivity contribution is -0.269. The largest absolute Gasteiger partial charge is 0.872 e. The second kappa shape index (κ2) is 4.38. The van der Waals surface area contributed by atoms with Crippen LogP contribution in [0.1, 0.15) is 11.1 Å². The maximum Gasteiger partial charge on any atom is 0.263 e. The van der Waals surface area contributed by atoms with E-state index in [0.29, 0.717) is 16.1 Å². The van der Waals surface area contributed by atoms with Crippen LogP contribution in [0, 0.1) is 6.92 Å². The number of aryl methyl sites for hydroxylation is 1. The average molecular weight is 252 g/mol. The van der Waals surface area contributed by atoms with Gasteiger partial charge in [-0.25, -0.2) is 0 Å². The third-order valence-electron chi connectivity index (χ3n) is 2.05. The number of nitrogen functional groups attached to an aromatic ring is 1. The summed E-state index contributed by atoms with van der Waals surface area (Å²) in [4.78, 5) is 1.01. The van der Waals surface area contributed by atoms with Crippen LogP contribution < -0.4 is 10.8 Å². The van der Waals surface area contributed by atoms with E-state index in [-0.39, 0.29) is 11.7 Å². The summed E-state index contributed by atoms with van der Waals surface area (Å²) in [6, 6.07) is 3.10. The van der Waals surface area contributed by atoms with Gasteiger partial charge in [0.1, 0.15) is 0 Å². The van der Waals surface area contributed by atoms with Crippen LogP contribution in [0.3, 0.4) is 0 Å². The van der Waals surface area contributed by atoms with Crippen molar-refractivity contribution in [2.24, 2.45) is 5.10 Å². The van der Waals surface area contributed by atoms with Gasteiger partial charge >= 0.3 is 0 Å². The van der Waals surface area contributed by atoms with Crippen LogP contribution in [0.4, 0.5) is 5.95 Å². The summed E-state index contributed by atoms with van der Waals surface area (Å²) in [5.41, 5.74) is 6.31. The number of benzene rings is 1. The lowest BCUT2D eigenvalue weighted by Crippen LogP contribution is -2.02. The highest BCUT2D eigenvalue weighted by molar-refractivity contribution is 6.31. The van der Waals surface area contributed by atoms with Crippen LogP contribution in [0.15, 0.2) is 17.2 Å². The van der Waals surface area contributed by atoms with Crippen LogP contribution in [-0.2, 0) is 0 Å². The molecule has 0 saturated heterocycles. The Morgan fingerprint density at radius 1 is 1.53 bits per heavy atom. The van der Waals surface area contributed by atoms with Crippen molar-refractivity contribution in [2.75, 3.05) is 5.73 Å². The fraction of sp³-hybridized carbons (Fsp3) is 0.111. The summed E-state index contributed by atoms with van der Waals surface area (Å²) in [6.45, 7) is 1.68. The van der Waals surface area contributed by atoms with Gasteiger partial charge < -0.3 is 10.8 Å². The number of aromatic nitrogens is 4. The van der Waals surface area contributed by atoms with E-state index in [1.165, 1.54) is 12.3 Å². The molecular weight excluding hydrogens is 244 g/mol. The lowest BCUT2D eigenvalue weighted by Gasteiger charge is -2.13. The first-order valence-corrected chi connectivity index (χ1v) is 5.01. The zero-order chi connectivity index (χ0) is 12.4. The summed E-state index contributed by atoms with van der Waals surface area (Å²) < 4.78 is 0. The number of tetrazole rings is 1. The monoisotopic (exact) mass is 251 g/mol. The molecule has 2 N–H and O–H groups in total. The number of rotatable bonds is 2. The number of halogens is 1. The van der Waals surface area contributed by atoms with Crippen LogP contribution in [0.25, 0.3) is 0 Å². The van der Waals surface area contributed by atoms with E-state index in [2.05, 4.69) is 20.6 Å². The molecule has 0 atom stereocenters. The quantitative estimate of drug-likeness (QED) is 0.766. The van der Waals surface area contributed by atoms with Gasteiger partial charge in [0, 0.05) is 5.02 Å². The Labute approximate surface area is 102 Å². The first kappa shape index (κ1) is 11.3. The topological polar surface area (TPSA) is 105 Å². The molecule has 0 fully saturated rings. The number of nitrogens with two attached hydrogens (primary N) is 1. The number of anilines is 1. The average Bonchev–Trinajstić information content (AvgIpc) is 2.67. The van der Waals surface area contributed by atoms with E-state index in [4.69, 9.17) is 17.3 Å². The minimum absolute atomic E-state index is 0.0347. The highest BCUT2D eigenvalue weighted by atomic mass is 35.5. The molecule has 1 aromatic heterocycles. The summed E-state index contributed by atoms with van der Waals surface area (Å²) in [5.74, 6) is -0.114. The van der Waals surface area contributed by atoms with E-state index in [9.17, 15) is 5.11 Å². The lowest BCUT2D eigenvalue weighted by atomic mass is 10.1. The van der Waals surface area contributed by atoms with E-state index in [1.54, 1.807) is 13.0 Å². The molecule has 0 amide bonds. The molecule has 0 aliphatic rings. The van der Waals surface area contributed by atoms with Gasteiger partial charge in [-0.2, -0.15) is 5.10 Å². The smallest absolute Gasteiger partial charge is 0.263 e. The summed E-state index contributed by atoms with van der Waals surface area (Å²) in [6.07, 6.45) is 1.31. The van der Waals surface area contributed by atoms with Crippen molar-refractivity contribution in [2.45, 2.75) is 6.92 Å². The van der Waals surface area contributed by atoms with Crippen molar-refractivity contribution in [1.82, 2.24) is 20.3 Å². The Balaban J connectivity index is 2.37. The van der Waals surface area contributed by atoms with Gasteiger partial charge in [-0.1, -0.05) is 32.8 Å². The minimum Gasteiger partial charge on any atom is -0.872 e.